The number of amides is 1. The van der Waals surface area contributed by atoms with Gasteiger partial charge in [-0.1, -0.05) is 18.2 Å². The molecule has 0 unspecified atom stereocenters. The van der Waals surface area contributed by atoms with E-state index in [-0.39, 0.29) is 23.5 Å². The highest BCUT2D eigenvalue weighted by Gasteiger charge is 2.31. The Bertz CT molecular complexity index is 1120. The van der Waals surface area contributed by atoms with Crippen LogP contribution in [-0.2, 0) is 9.84 Å². The van der Waals surface area contributed by atoms with Gasteiger partial charge < -0.3 is 10.1 Å². The normalized spacial score (nSPS) is 17.8. The Hall–Kier alpha value is -3.13. The lowest BCUT2D eigenvalue weighted by Crippen LogP contribution is -2.19. The highest BCUT2D eigenvalue weighted by atomic mass is 32.2. The molecular weight excluding hydrogens is 390 g/mol. The minimum atomic E-state index is -3.10. The Morgan fingerprint density at radius 2 is 1.86 bits per heavy atom. The number of aromatic nitrogens is 2. The van der Waals surface area contributed by atoms with Crippen molar-refractivity contribution in [1.82, 2.24) is 9.78 Å². The van der Waals surface area contributed by atoms with Crippen LogP contribution in [0.25, 0.3) is 11.3 Å². The first-order valence-electron chi connectivity index (χ1n) is 9.26. The predicted octanol–water partition coefficient (Wildman–Crippen LogP) is 3.17. The molecule has 2 heterocycles. The Morgan fingerprint density at radius 3 is 2.48 bits per heavy atom. The monoisotopic (exact) mass is 411 g/mol. The number of carbonyl (C=O) groups excluding carboxylic acids is 1. The lowest BCUT2D eigenvalue weighted by atomic mass is 10.1. The number of anilines is 1. The summed E-state index contributed by atoms with van der Waals surface area (Å²) in [5.74, 6) is 1.08. The lowest BCUT2D eigenvalue weighted by molar-refractivity contribution is 0.102. The van der Waals surface area contributed by atoms with E-state index in [1.807, 2.05) is 30.3 Å². The zero-order chi connectivity index (χ0) is 20.4. The van der Waals surface area contributed by atoms with Gasteiger partial charge in [-0.2, -0.15) is 5.10 Å². The first kappa shape index (κ1) is 19.2. The molecule has 150 valence electrons. The fraction of sp³-hybridized carbons (Fsp3) is 0.238. The van der Waals surface area contributed by atoms with E-state index in [9.17, 15) is 13.2 Å². The molecule has 1 saturated heterocycles. The Morgan fingerprint density at radius 1 is 1.14 bits per heavy atom. The van der Waals surface area contributed by atoms with E-state index in [2.05, 4.69) is 10.4 Å². The van der Waals surface area contributed by atoms with Gasteiger partial charge in [-0.25, -0.2) is 13.1 Å². The third kappa shape index (κ3) is 4.17. The third-order valence-electron chi connectivity index (χ3n) is 4.95. The molecule has 1 amide bonds. The molecule has 3 aromatic rings. The molecule has 1 aliphatic rings. The van der Waals surface area contributed by atoms with E-state index < -0.39 is 9.84 Å². The van der Waals surface area contributed by atoms with Crippen LogP contribution >= 0.6 is 0 Å². The number of methoxy groups -OCH3 is 1. The summed E-state index contributed by atoms with van der Waals surface area (Å²) in [4.78, 5) is 12.7. The number of hydrogen-bond acceptors (Lipinski definition) is 5. The average molecular weight is 411 g/mol. The summed E-state index contributed by atoms with van der Waals surface area (Å²) in [5, 5.41) is 7.51. The van der Waals surface area contributed by atoms with Gasteiger partial charge in [0.1, 0.15) is 11.6 Å². The summed E-state index contributed by atoms with van der Waals surface area (Å²) >= 11 is 0. The standard InChI is InChI=1S/C21H21N3O4S/c1-28-18-9-7-15(8-10-18)19-13-20(22-21(25)16-5-3-2-4-6-16)24(23-19)17-11-12-29(26,27)14-17/h2-10,13,17H,11-12,14H2,1H3,(H,22,25)/t17-/m0/s1. The topological polar surface area (TPSA) is 90.3 Å². The van der Waals surface area contributed by atoms with Crippen LogP contribution in [0.2, 0.25) is 0 Å². The van der Waals surface area contributed by atoms with E-state index in [1.54, 1.807) is 42.1 Å². The molecule has 1 atom stereocenters. The SMILES string of the molecule is COc1ccc(-c2cc(NC(=O)c3ccccc3)n([C@H]3CCS(=O)(=O)C3)n2)cc1. The minimum absolute atomic E-state index is 0.0188. The molecule has 0 aliphatic carbocycles. The molecule has 8 heteroatoms. The Balaban J connectivity index is 1.69. The van der Waals surface area contributed by atoms with Crippen molar-refractivity contribution in [3.63, 3.8) is 0 Å². The number of hydrogen-bond donors (Lipinski definition) is 1. The summed E-state index contributed by atoms with van der Waals surface area (Å²) in [6, 6.07) is 17.7. The van der Waals surface area contributed by atoms with Crippen molar-refractivity contribution < 1.29 is 17.9 Å². The van der Waals surface area contributed by atoms with Crippen LogP contribution in [0, 0.1) is 0 Å². The first-order valence-corrected chi connectivity index (χ1v) is 11.1. The number of nitrogens with zero attached hydrogens (tertiary/aromatic N) is 2. The molecule has 0 radical (unpaired) electrons. The number of carbonyl (C=O) groups is 1. The number of benzene rings is 2. The molecule has 7 nitrogen and oxygen atoms in total. The van der Waals surface area contributed by atoms with Crippen molar-refractivity contribution in [3.8, 4) is 17.0 Å². The summed E-state index contributed by atoms with van der Waals surface area (Å²) in [7, 11) is -1.50. The van der Waals surface area contributed by atoms with Crippen molar-refractivity contribution >= 4 is 21.6 Å². The minimum Gasteiger partial charge on any atom is -0.497 e. The van der Waals surface area contributed by atoms with Gasteiger partial charge in [0.05, 0.1) is 30.4 Å². The van der Waals surface area contributed by atoms with Crippen molar-refractivity contribution in [2.24, 2.45) is 0 Å². The maximum atomic E-state index is 12.7. The van der Waals surface area contributed by atoms with Gasteiger partial charge in [-0.3, -0.25) is 4.79 Å². The van der Waals surface area contributed by atoms with E-state index in [4.69, 9.17) is 4.74 Å². The molecule has 0 saturated carbocycles. The fourth-order valence-corrected chi connectivity index (χ4v) is 5.11. The molecule has 0 bridgehead atoms. The van der Waals surface area contributed by atoms with Gasteiger partial charge in [-0.05, 0) is 42.8 Å². The number of rotatable bonds is 5. The van der Waals surface area contributed by atoms with Crippen LogP contribution in [0.1, 0.15) is 22.8 Å². The average Bonchev–Trinajstić information content (AvgIpc) is 3.31. The third-order valence-corrected chi connectivity index (χ3v) is 6.70. The predicted molar refractivity (Wildman–Crippen MR) is 111 cm³/mol. The second kappa shape index (κ2) is 7.71. The van der Waals surface area contributed by atoms with Crippen molar-refractivity contribution in [2.75, 3.05) is 23.9 Å². The largest absolute Gasteiger partial charge is 0.497 e. The maximum Gasteiger partial charge on any atom is 0.256 e. The summed E-state index contributed by atoms with van der Waals surface area (Å²) in [6.45, 7) is 0. The lowest BCUT2D eigenvalue weighted by Gasteiger charge is -2.13. The van der Waals surface area contributed by atoms with Gasteiger partial charge in [0.2, 0.25) is 0 Å². The highest BCUT2D eigenvalue weighted by molar-refractivity contribution is 7.91. The molecule has 2 aromatic carbocycles. The van der Waals surface area contributed by atoms with Gasteiger partial charge in [0, 0.05) is 17.2 Å². The molecule has 0 spiro atoms. The molecule has 4 rings (SSSR count). The second-order valence-corrected chi connectivity index (χ2v) is 9.19. The van der Waals surface area contributed by atoms with E-state index in [0.717, 1.165) is 11.3 Å². The zero-order valence-corrected chi connectivity index (χ0v) is 16.7. The molecule has 29 heavy (non-hydrogen) atoms. The zero-order valence-electron chi connectivity index (χ0n) is 15.9. The van der Waals surface area contributed by atoms with E-state index >= 15 is 0 Å². The van der Waals surface area contributed by atoms with Crippen molar-refractivity contribution in [2.45, 2.75) is 12.5 Å². The second-order valence-electron chi connectivity index (χ2n) is 6.96. The molecule has 1 N–H and O–H groups in total. The van der Waals surface area contributed by atoms with Crippen molar-refractivity contribution in [3.05, 3.63) is 66.2 Å². The number of ether oxygens (including phenoxy) is 1. The van der Waals surface area contributed by atoms with Crippen LogP contribution in [0.5, 0.6) is 5.75 Å². The fourth-order valence-electron chi connectivity index (χ4n) is 3.42. The van der Waals surface area contributed by atoms with E-state index in [1.165, 1.54) is 0 Å². The van der Waals surface area contributed by atoms with Crippen LogP contribution in [0.3, 0.4) is 0 Å². The van der Waals surface area contributed by atoms with Gasteiger partial charge in [-0.15, -0.1) is 0 Å². The van der Waals surface area contributed by atoms with Crippen LogP contribution in [0.4, 0.5) is 5.82 Å². The molecule has 1 aromatic heterocycles. The number of sulfone groups is 1. The van der Waals surface area contributed by atoms with Crippen LogP contribution in [-0.4, -0.2) is 42.7 Å². The van der Waals surface area contributed by atoms with Gasteiger partial charge in [0.25, 0.3) is 5.91 Å². The summed E-state index contributed by atoms with van der Waals surface area (Å²) in [5.41, 5.74) is 2.02. The first-order chi connectivity index (χ1) is 13.9. The van der Waals surface area contributed by atoms with Crippen LogP contribution < -0.4 is 10.1 Å². The molecular formula is C21H21N3O4S. The Kier molecular flexibility index (Phi) is 5.10. The molecule has 1 fully saturated rings. The smallest absolute Gasteiger partial charge is 0.256 e. The Labute approximate surface area is 169 Å². The summed E-state index contributed by atoms with van der Waals surface area (Å²) in [6.07, 6.45) is 0.472. The summed E-state index contributed by atoms with van der Waals surface area (Å²) < 4.78 is 30.8. The quantitative estimate of drug-likeness (QED) is 0.696. The van der Waals surface area contributed by atoms with Gasteiger partial charge in [0.15, 0.2) is 9.84 Å². The van der Waals surface area contributed by atoms with Crippen molar-refractivity contribution in [1.29, 1.82) is 0 Å². The van der Waals surface area contributed by atoms with Crippen LogP contribution in [0.15, 0.2) is 60.7 Å². The van der Waals surface area contributed by atoms with E-state index in [0.29, 0.717) is 23.5 Å². The molecule has 1 aliphatic heterocycles. The highest BCUT2D eigenvalue weighted by Crippen LogP contribution is 2.31. The number of nitrogens with one attached hydrogen (secondary N) is 1. The van der Waals surface area contributed by atoms with Gasteiger partial charge >= 0.3 is 0 Å². The maximum absolute atomic E-state index is 12.7.